The van der Waals surface area contributed by atoms with Crippen molar-refractivity contribution in [2.75, 3.05) is 18.7 Å². The number of Topliss-reactive ketones (excluding diaryl/α,β-unsaturated/α-hetero) is 1. The number of thiophene rings is 1. The van der Waals surface area contributed by atoms with Crippen LogP contribution in [0.5, 0.6) is 11.5 Å². The normalized spacial score (nSPS) is 12.4. The Kier molecular flexibility index (Phi) is 6.50. The van der Waals surface area contributed by atoms with E-state index < -0.39 is 24.3 Å². The molecule has 168 valence electrons. The number of hydrogen-bond acceptors (Lipinski definition) is 7. The van der Waals surface area contributed by atoms with Crippen molar-refractivity contribution in [1.82, 2.24) is 0 Å². The van der Waals surface area contributed by atoms with E-state index in [1.165, 1.54) is 54.7 Å². The summed E-state index contributed by atoms with van der Waals surface area (Å²) in [5.74, 6) is -1.20. The van der Waals surface area contributed by atoms with Gasteiger partial charge in [-0.15, -0.1) is 11.3 Å². The van der Waals surface area contributed by atoms with Gasteiger partial charge < -0.3 is 19.5 Å². The van der Waals surface area contributed by atoms with E-state index in [1.807, 2.05) is 0 Å². The van der Waals surface area contributed by atoms with Crippen molar-refractivity contribution >= 4 is 46.3 Å². The summed E-state index contributed by atoms with van der Waals surface area (Å²) in [6.07, 6.45) is 1.57. The predicted molar refractivity (Wildman–Crippen MR) is 121 cm³/mol. The highest BCUT2D eigenvalue weighted by molar-refractivity contribution is 7.11. The van der Waals surface area contributed by atoms with Crippen LogP contribution in [0.25, 0.3) is 11.6 Å². The fraction of sp³-hybridized carbons (Fsp3) is 0.125. The lowest BCUT2D eigenvalue weighted by atomic mass is 10.1. The number of carbonyl (C=O) groups excluding carboxylic acids is 3. The van der Waals surface area contributed by atoms with Crippen LogP contribution in [0.15, 0.2) is 53.9 Å². The molecule has 4 rings (SSSR count). The summed E-state index contributed by atoms with van der Waals surface area (Å²) in [6, 6.07) is 12.1. The van der Waals surface area contributed by atoms with Crippen molar-refractivity contribution in [3.05, 3.63) is 75.7 Å². The predicted octanol–water partition coefficient (Wildman–Crippen LogP) is 4.54. The van der Waals surface area contributed by atoms with Gasteiger partial charge in [0.1, 0.15) is 5.82 Å². The molecule has 0 unspecified atom stereocenters. The van der Waals surface area contributed by atoms with E-state index >= 15 is 0 Å². The zero-order valence-corrected chi connectivity index (χ0v) is 18.2. The molecule has 0 fully saturated rings. The molecule has 0 saturated heterocycles. The molecule has 33 heavy (non-hydrogen) atoms. The Bertz CT molecular complexity index is 1230. The van der Waals surface area contributed by atoms with Crippen LogP contribution >= 0.6 is 11.3 Å². The second kappa shape index (κ2) is 9.66. The Morgan fingerprint density at radius 2 is 1.85 bits per heavy atom. The molecule has 9 heteroatoms. The molecule has 0 radical (unpaired) electrons. The molecule has 0 aliphatic carbocycles. The quantitative estimate of drug-likeness (QED) is 0.312. The van der Waals surface area contributed by atoms with Crippen LogP contribution in [-0.2, 0) is 14.3 Å². The molecule has 1 aliphatic rings. The highest BCUT2D eigenvalue weighted by Crippen LogP contribution is 2.37. The minimum atomic E-state index is -0.714. The summed E-state index contributed by atoms with van der Waals surface area (Å²) in [4.78, 5) is 37.8. The average molecular weight is 467 g/mol. The van der Waals surface area contributed by atoms with Crippen molar-refractivity contribution in [2.24, 2.45) is 0 Å². The molecular weight excluding hydrogens is 449 g/mol. The van der Waals surface area contributed by atoms with Gasteiger partial charge in [-0.05, 0) is 48.2 Å². The minimum absolute atomic E-state index is 0.0214. The van der Waals surface area contributed by atoms with Crippen LogP contribution in [0.3, 0.4) is 0 Å². The number of fused-ring (bicyclic) bond motifs is 1. The fourth-order valence-corrected chi connectivity index (χ4v) is 3.85. The molecular formula is C24H18FNO6S. The van der Waals surface area contributed by atoms with Crippen LogP contribution < -0.4 is 14.8 Å². The summed E-state index contributed by atoms with van der Waals surface area (Å²) in [6.45, 7) is 0.811. The van der Waals surface area contributed by atoms with E-state index in [0.29, 0.717) is 21.9 Å². The van der Waals surface area contributed by atoms with Crippen molar-refractivity contribution in [2.45, 2.75) is 6.92 Å². The van der Waals surface area contributed by atoms with E-state index in [9.17, 15) is 18.8 Å². The van der Waals surface area contributed by atoms with Gasteiger partial charge in [0.2, 0.25) is 6.79 Å². The van der Waals surface area contributed by atoms with Gasteiger partial charge >= 0.3 is 5.97 Å². The topological polar surface area (TPSA) is 90.9 Å². The molecule has 1 amide bonds. The summed E-state index contributed by atoms with van der Waals surface area (Å²) in [5.41, 5.74) is 1.31. The Morgan fingerprint density at radius 3 is 2.52 bits per heavy atom. The van der Waals surface area contributed by atoms with Gasteiger partial charge in [-0.25, -0.2) is 9.18 Å². The number of ketones is 1. The summed E-state index contributed by atoms with van der Waals surface area (Å²) < 4.78 is 29.0. The second-order valence-corrected chi connectivity index (χ2v) is 7.97. The molecule has 3 aromatic rings. The van der Waals surface area contributed by atoms with Gasteiger partial charge in [0.05, 0.1) is 11.3 Å². The third-order valence-corrected chi connectivity index (χ3v) is 5.59. The lowest BCUT2D eigenvalue weighted by Crippen LogP contribution is -2.22. The Labute approximate surface area is 192 Å². The maximum Gasteiger partial charge on any atom is 0.340 e. The highest BCUT2D eigenvalue weighted by atomic mass is 32.1. The molecule has 0 saturated carbocycles. The largest absolute Gasteiger partial charge is 0.454 e. The van der Waals surface area contributed by atoms with Crippen LogP contribution in [-0.4, -0.2) is 31.1 Å². The van der Waals surface area contributed by atoms with Crippen molar-refractivity contribution in [3.63, 3.8) is 0 Å². The van der Waals surface area contributed by atoms with Gasteiger partial charge in [-0.2, -0.15) is 0 Å². The van der Waals surface area contributed by atoms with Crippen LogP contribution in [0.2, 0.25) is 0 Å². The highest BCUT2D eigenvalue weighted by Gasteiger charge is 2.21. The second-order valence-electron chi connectivity index (χ2n) is 7.02. The first kappa shape index (κ1) is 22.2. The summed E-state index contributed by atoms with van der Waals surface area (Å²) >= 11 is 1.33. The number of esters is 1. The van der Waals surface area contributed by atoms with Crippen molar-refractivity contribution < 1.29 is 33.0 Å². The number of carbonyl (C=O) groups is 3. The molecule has 0 atom stereocenters. The number of rotatable bonds is 7. The van der Waals surface area contributed by atoms with E-state index in [1.54, 1.807) is 23.6 Å². The number of hydrogen-bond donors (Lipinski definition) is 1. The van der Waals surface area contributed by atoms with Crippen molar-refractivity contribution in [3.8, 4) is 11.5 Å². The SMILES string of the molecule is CC(=O)c1cc2c(cc1NC(=O)COC(=O)C(=Cc1ccc(F)cc1)c1cccs1)OCO2. The first-order valence-corrected chi connectivity index (χ1v) is 10.7. The van der Waals surface area contributed by atoms with E-state index in [0.717, 1.165) is 0 Å². The van der Waals surface area contributed by atoms with E-state index in [-0.39, 0.29) is 29.4 Å². The number of nitrogens with one attached hydrogen (secondary N) is 1. The monoisotopic (exact) mass is 467 g/mol. The molecule has 2 aromatic carbocycles. The first-order chi connectivity index (χ1) is 15.9. The Hall–Kier alpha value is -3.98. The zero-order valence-electron chi connectivity index (χ0n) is 17.4. The number of anilines is 1. The first-order valence-electron chi connectivity index (χ1n) is 9.83. The minimum Gasteiger partial charge on any atom is -0.454 e. The fourth-order valence-electron chi connectivity index (χ4n) is 3.12. The van der Waals surface area contributed by atoms with Gasteiger partial charge in [-0.3, -0.25) is 9.59 Å². The lowest BCUT2D eigenvalue weighted by Gasteiger charge is -2.11. The van der Waals surface area contributed by atoms with E-state index in [2.05, 4.69) is 5.32 Å². The molecule has 0 spiro atoms. The van der Waals surface area contributed by atoms with Gasteiger partial charge in [-0.1, -0.05) is 18.2 Å². The third kappa shape index (κ3) is 5.27. The van der Waals surface area contributed by atoms with E-state index in [4.69, 9.17) is 14.2 Å². The molecule has 1 aliphatic heterocycles. The summed E-state index contributed by atoms with van der Waals surface area (Å²) in [7, 11) is 0. The number of benzene rings is 2. The van der Waals surface area contributed by atoms with Gasteiger partial charge in [0.25, 0.3) is 5.91 Å². The Morgan fingerprint density at radius 1 is 1.12 bits per heavy atom. The van der Waals surface area contributed by atoms with Crippen LogP contribution in [0.4, 0.5) is 10.1 Å². The maximum absolute atomic E-state index is 13.2. The van der Waals surface area contributed by atoms with Crippen molar-refractivity contribution in [1.29, 1.82) is 0 Å². The van der Waals surface area contributed by atoms with Crippen LogP contribution in [0.1, 0.15) is 27.7 Å². The smallest absolute Gasteiger partial charge is 0.340 e. The third-order valence-electron chi connectivity index (χ3n) is 4.69. The molecule has 1 N–H and O–H groups in total. The summed E-state index contributed by atoms with van der Waals surface area (Å²) in [5, 5.41) is 4.38. The molecule has 7 nitrogen and oxygen atoms in total. The Balaban J connectivity index is 1.47. The lowest BCUT2D eigenvalue weighted by molar-refractivity contribution is -0.141. The van der Waals surface area contributed by atoms with Gasteiger partial charge in [0.15, 0.2) is 23.9 Å². The van der Waals surface area contributed by atoms with Crippen LogP contribution in [0, 0.1) is 5.82 Å². The number of amides is 1. The van der Waals surface area contributed by atoms with Gasteiger partial charge in [0, 0.05) is 16.5 Å². The molecule has 1 aromatic heterocycles. The maximum atomic E-state index is 13.2. The molecule has 2 heterocycles. The zero-order chi connectivity index (χ0) is 23.4. The molecule has 0 bridgehead atoms. The standard InChI is InChI=1S/C24H18FNO6S/c1-14(27)17-10-20-21(32-13-31-20)11-19(17)26-23(28)12-30-24(29)18(22-3-2-8-33-22)9-15-4-6-16(25)7-5-15/h2-11H,12-13H2,1H3,(H,26,28). The average Bonchev–Trinajstić information content (AvgIpc) is 3.48. The number of halogens is 1. The number of ether oxygens (including phenoxy) is 3.